The molecule has 3 heterocycles. The van der Waals surface area contributed by atoms with Gasteiger partial charge in [0.2, 0.25) is 0 Å². The van der Waals surface area contributed by atoms with E-state index in [0.29, 0.717) is 12.0 Å². The van der Waals surface area contributed by atoms with Crippen LogP contribution in [0.15, 0.2) is 42.6 Å². The van der Waals surface area contributed by atoms with Gasteiger partial charge in [-0.2, -0.15) is 0 Å². The number of fused-ring (bicyclic) bond motifs is 3. The topological polar surface area (TPSA) is 19.4 Å². The molecule has 1 saturated heterocycles. The minimum atomic E-state index is 0.610. The molecule has 1 aromatic heterocycles. The summed E-state index contributed by atoms with van der Waals surface area (Å²) in [4.78, 5) is 9.67. The van der Waals surface area contributed by atoms with Crippen molar-refractivity contribution < 1.29 is 0 Å². The number of likely N-dealkylation sites (N-methyl/N-ethyl adjacent to an activating group) is 1. The second-order valence-electron chi connectivity index (χ2n) is 7.09. The highest BCUT2D eigenvalue weighted by molar-refractivity contribution is 5.63. The smallest absolute Gasteiger partial charge is 0.0605 e. The SMILES string of the molecule is Cc1ccc2c(c1)[C@@H]1CN(C)CCC[C@@H]1N2Cc1ccccn1. The van der Waals surface area contributed by atoms with Gasteiger partial charge in [0.05, 0.1) is 12.2 Å². The van der Waals surface area contributed by atoms with Crippen LogP contribution in [0.1, 0.15) is 35.6 Å². The molecule has 0 bridgehead atoms. The third kappa shape index (κ3) is 2.74. The van der Waals surface area contributed by atoms with E-state index in [-0.39, 0.29) is 0 Å². The summed E-state index contributed by atoms with van der Waals surface area (Å²) in [6, 6.07) is 13.8. The highest BCUT2D eigenvalue weighted by atomic mass is 15.2. The van der Waals surface area contributed by atoms with Gasteiger partial charge in [0.25, 0.3) is 0 Å². The molecular formula is C20H25N3. The van der Waals surface area contributed by atoms with Gasteiger partial charge in [-0.25, -0.2) is 0 Å². The van der Waals surface area contributed by atoms with E-state index in [9.17, 15) is 0 Å². The Morgan fingerprint density at radius 3 is 2.96 bits per heavy atom. The molecule has 1 aromatic carbocycles. The van der Waals surface area contributed by atoms with E-state index in [1.807, 2.05) is 12.3 Å². The number of aromatic nitrogens is 1. The summed E-state index contributed by atoms with van der Waals surface area (Å²) < 4.78 is 0. The number of hydrogen-bond acceptors (Lipinski definition) is 3. The molecule has 1 fully saturated rings. The van der Waals surface area contributed by atoms with Crippen LogP contribution in [-0.4, -0.2) is 36.1 Å². The maximum Gasteiger partial charge on any atom is 0.0605 e. The van der Waals surface area contributed by atoms with Crippen molar-refractivity contribution in [2.75, 3.05) is 25.0 Å². The van der Waals surface area contributed by atoms with Crippen LogP contribution in [0.2, 0.25) is 0 Å². The van der Waals surface area contributed by atoms with Crippen molar-refractivity contribution in [3.05, 3.63) is 59.4 Å². The Morgan fingerprint density at radius 2 is 2.13 bits per heavy atom. The second-order valence-corrected chi connectivity index (χ2v) is 7.09. The lowest BCUT2D eigenvalue weighted by Crippen LogP contribution is -2.35. The van der Waals surface area contributed by atoms with E-state index >= 15 is 0 Å². The fourth-order valence-corrected chi connectivity index (χ4v) is 4.28. The van der Waals surface area contributed by atoms with Gasteiger partial charge < -0.3 is 9.80 Å². The van der Waals surface area contributed by atoms with Crippen LogP contribution in [0.4, 0.5) is 5.69 Å². The molecular weight excluding hydrogens is 282 g/mol. The van der Waals surface area contributed by atoms with Gasteiger partial charge in [-0.3, -0.25) is 4.98 Å². The normalized spacial score (nSPS) is 24.2. The zero-order chi connectivity index (χ0) is 15.8. The van der Waals surface area contributed by atoms with Gasteiger partial charge in [-0.1, -0.05) is 23.8 Å². The van der Waals surface area contributed by atoms with Crippen LogP contribution in [0, 0.1) is 6.92 Å². The number of aryl methyl sites for hydroxylation is 1. The van der Waals surface area contributed by atoms with Crippen molar-refractivity contribution in [3.8, 4) is 0 Å². The molecule has 2 aliphatic rings. The van der Waals surface area contributed by atoms with E-state index in [1.54, 1.807) is 5.56 Å². The third-order valence-electron chi connectivity index (χ3n) is 5.36. The second kappa shape index (κ2) is 5.97. The van der Waals surface area contributed by atoms with Crippen molar-refractivity contribution in [2.45, 2.75) is 38.3 Å². The van der Waals surface area contributed by atoms with Crippen LogP contribution in [0.25, 0.3) is 0 Å². The van der Waals surface area contributed by atoms with E-state index in [1.165, 1.54) is 37.2 Å². The Hall–Kier alpha value is -1.87. The van der Waals surface area contributed by atoms with Gasteiger partial charge in [0, 0.05) is 30.4 Å². The molecule has 0 unspecified atom stereocenters. The quantitative estimate of drug-likeness (QED) is 0.845. The molecule has 4 rings (SSSR count). The van der Waals surface area contributed by atoms with Gasteiger partial charge in [0.15, 0.2) is 0 Å². The number of hydrogen-bond donors (Lipinski definition) is 0. The van der Waals surface area contributed by atoms with Gasteiger partial charge in [-0.05, 0) is 57.1 Å². The maximum atomic E-state index is 4.56. The van der Waals surface area contributed by atoms with Gasteiger partial charge in [0.1, 0.15) is 0 Å². The Morgan fingerprint density at radius 1 is 1.22 bits per heavy atom. The van der Waals surface area contributed by atoms with Crippen molar-refractivity contribution in [3.63, 3.8) is 0 Å². The Bertz CT molecular complexity index is 683. The molecule has 2 aromatic rings. The first-order valence-corrected chi connectivity index (χ1v) is 8.68. The molecule has 0 radical (unpaired) electrons. The van der Waals surface area contributed by atoms with Crippen LogP contribution in [0.5, 0.6) is 0 Å². The molecule has 0 saturated carbocycles. The van der Waals surface area contributed by atoms with Gasteiger partial charge >= 0.3 is 0 Å². The minimum absolute atomic E-state index is 0.610. The Labute approximate surface area is 139 Å². The highest BCUT2D eigenvalue weighted by Crippen LogP contribution is 2.45. The fraction of sp³-hybridized carbons (Fsp3) is 0.450. The zero-order valence-electron chi connectivity index (χ0n) is 14.1. The minimum Gasteiger partial charge on any atom is -0.362 e. The third-order valence-corrected chi connectivity index (χ3v) is 5.36. The molecule has 0 N–H and O–H groups in total. The lowest BCUT2D eigenvalue weighted by atomic mass is 9.92. The first-order valence-electron chi connectivity index (χ1n) is 8.68. The fourth-order valence-electron chi connectivity index (χ4n) is 4.28. The number of likely N-dealkylation sites (tertiary alicyclic amines) is 1. The summed E-state index contributed by atoms with van der Waals surface area (Å²) >= 11 is 0. The monoisotopic (exact) mass is 307 g/mol. The molecule has 2 aliphatic heterocycles. The summed E-state index contributed by atoms with van der Waals surface area (Å²) in [7, 11) is 2.26. The summed E-state index contributed by atoms with van der Waals surface area (Å²) in [6.45, 7) is 5.50. The van der Waals surface area contributed by atoms with E-state index in [0.717, 1.165) is 12.2 Å². The number of pyridine rings is 1. The molecule has 2 atom stereocenters. The molecule has 3 nitrogen and oxygen atoms in total. The summed E-state index contributed by atoms with van der Waals surface area (Å²) in [6.07, 6.45) is 4.46. The lowest BCUT2D eigenvalue weighted by Gasteiger charge is -2.29. The highest BCUT2D eigenvalue weighted by Gasteiger charge is 2.39. The summed E-state index contributed by atoms with van der Waals surface area (Å²) in [5.41, 5.74) is 5.50. The van der Waals surface area contributed by atoms with Gasteiger partial charge in [-0.15, -0.1) is 0 Å². The standard InChI is InChI=1S/C20H25N3/c1-15-8-9-20-17(12-15)18-14-22(2)11-5-7-19(18)23(20)13-16-6-3-4-10-21-16/h3-4,6,8-10,12,18-19H,5,7,11,13-14H2,1-2H3/t18-,19-/m0/s1. The molecule has 0 spiro atoms. The predicted octanol–water partition coefficient (Wildman–Crippen LogP) is 3.59. The molecule has 3 heteroatoms. The van der Waals surface area contributed by atoms with E-state index in [4.69, 9.17) is 0 Å². The first-order chi connectivity index (χ1) is 11.2. The number of benzene rings is 1. The summed E-state index contributed by atoms with van der Waals surface area (Å²) in [5.74, 6) is 0.626. The van der Waals surface area contributed by atoms with Crippen LogP contribution < -0.4 is 4.90 Å². The van der Waals surface area contributed by atoms with Crippen molar-refractivity contribution in [1.82, 2.24) is 9.88 Å². The van der Waals surface area contributed by atoms with Crippen LogP contribution >= 0.6 is 0 Å². The first kappa shape index (κ1) is 14.7. The Balaban J connectivity index is 1.73. The van der Waals surface area contributed by atoms with E-state index in [2.05, 4.69) is 59.1 Å². The zero-order valence-corrected chi connectivity index (χ0v) is 14.1. The average Bonchev–Trinajstić information content (AvgIpc) is 2.70. The molecule has 0 amide bonds. The number of rotatable bonds is 2. The lowest BCUT2D eigenvalue weighted by molar-refractivity contribution is 0.330. The summed E-state index contributed by atoms with van der Waals surface area (Å²) in [5, 5.41) is 0. The molecule has 23 heavy (non-hydrogen) atoms. The maximum absolute atomic E-state index is 4.56. The Kier molecular flexibility index (Phi) is 3.82. The van der Waals surface area contributed by atoms with E-state index < -0.39 is 0 Å². The number of anilines is 1. The van der Waals surface area contributed by atoms with Crippen LogP contribution in [-0.2, 0) is 6.54 Å². The number of nitrogens with zero attached hydrogens (tertiary/aromatic N) is 3. The largest absolute Gasteiger partial charge is 0.362 e. The average molecular weight is 307 g/mol. The van der Waals surface area contributed by atoms with Crippen molar-refractivity contribution in [2.24, 2.45) is 0 Å². The molecule has 120 valence electrons. The van der Waals surface area contributed by atoms with Crippen LogP contribution in [0.3, 0.4) is 0 Å². The predicted molar refractivity (Wildman–Crippen MR) is 94.9 cm³/mol. The van der Waals surface area contributed by atoms with Crippen molar-refractivity contribution in [1.29, 1.82) is 0 Å². The van der Waals surface area contributed by atoms with Crippen molar-refractivity contribution >= 4 is 5.69 Å². The molecule has 0 aliphatic carbocycles.